The molecule has 0 radical (unpaired) electrons. The molecule has 0 aromatic carbocycles. The lowest BCUT2D eigenvalue weighted by Crippen LogP contribution is -2.53. The van der Waals surface area contributed by atoms with Crippen LogP contribution in [0, 0.1) is 22.7 Å². The zero-order valence-corrected chi connectivity index (χ0v) is 23.3. The fourth-order valence-electron chi connectivity index (χ4n) is 7.05. The van der Waals surface area contributed by atoms with Crippen LogP contribution in [0.2, 0.25) is 0 Å². The Labute approximate surface area is 203 Å². The zero-order chi connectivity index (χ0) is 24.2. The number of ether oxygens (including phenoxy) is 1. The predicted molar refractivity (Wildman–Crippen MR) is 141 cm³/mol. The highest BCUT2D eigenvalue weighted by molar-refractivity contribution is 7.97. The molecule has 184 valence electrons. The first-order valence-electron chi connectivity index (χ1n) is 13.1. The van der Waals surface area contributed by atoms with Crippen LogP contribution in [0.15, 0.2) is 23.3 Å². The Morgan fingerprint density at radius 1 is 1.12 bits per heavy atom. The number of carbonyl (C=O) groups is 1. The molecule has 4 aliphatic rings. The van der Waals surface area contributed by atoms with Gasteiger partial charge in [-0.2, -0.15) is 11.8 Å². The van der Waals surface area contributed by atoms with Crippen LogP contribution in [0.3, 0.4) is 0 Å². The molecule has 2 fully saturated rings. The summed E-state index contributed by atoms with van der Waals surface area (Å²) in [5.74, 6) is 1.78. The van der Waals surface area contributed by atoms with Crippen molar-refractivity contribution >= 4 is 17.5 Å². The van der Waals surface area contributed by atoms with E-state index in [0.717, 1.165) is 38.0 Å². The number of hydrogen-bond acceptors (Lipinski definition) is 3. The van der Waals surface area contributed by atoms with Crippen molar-refractivity contribution in [1.82, 2.24) is 0 Å². The fourth-order valence-corrected chi connectivity index (χ4v) is 7.05. The second-order valence-corrected chi connectivity index (χ2v) is 12.1. The van der Waals surface area contributed by atoms with Crippen LogP contribution in [-0.4, -0.2) is 30.0 Å². The van der Waals surface area contributed by atoms with Gasteiger partial charge >= 0.3 is 0 Å². The van der Waals surface area contributed by atoms with E-state index in [-0.39, 0.29) is 16.4 Å². The Hall–Kier alpha value is -0.540. The maximum Gasteiger partial charge on any atom is 0.155 e. The summed E-state index contributed by atoms with van der Waals surface area (Å²) in [5, 5.41) is 0. The Kier molecular flexibility index (Phi) is 9.75. The largest absolute Gasteiger partial charge is 0.372 e. The van der Waals surface area contributed by atoms with Crippen molar-refractivity contribution in [1.29, 1.82) is 0 Å². The lowest BCUT2D eigenvalue weighted by molar-refractivity contribution is -0.159. The molecule has 0 saturated heterocycles. The Morgan fingerprint density at radius 3 is 2.38 bits per heavy atom. The van der Waals surface area contributed by atoms with E-state index in [1.165, 1.54) is 31.3 Å². The lowest BCUT2D eigenvalue weighted by atomic mass is 9.47. The molecular weight excluding hydrogens is 412 g/mol. The average Bonchev–Trinajstić information content (AvgIpc) is 2.75. The van der Waals surface area contributed by atoms with Gasteiger partial charge in [0.15, 0.2) is 5.78 Å². The summed E-state index contributed by atoms with van der Waals surface area (Å²) < 4.78 is 6.62. The van der Waals surface area contributed by atoms with Crippen molar-refractivity contribution in [2.75, 3.05) is 12.5 Å². The van der Waals surface area contributed by atoms with Crippen LogP contribution in [-0.2, 0) is 9.53 Å². The van der Waals surface area contributed by atoms with E-state index in [9.17, 15) is 4.79 Å². The summed E-state index contributed by atoms with van der Waals surface area (Å²) in [4.78, 5) is 12.1. The van der Waals surface area contributed by atoms with Crippen molar-refractivity contribution in [2.24, 2.45) is 22.7 Å². The molecule has 0 aliphatic heterocycles. The smallest absolute Gasteiger partial charge is 0.155 e. The number of fused-ring (bicyclic) bond motifs is 5. The van der Waals surface area contributed by atoms with Gasteiger partial charge < -0.3 is 4.74 Å². The molecule has 0 N–H and O–H groups in total. The standard InChI is InChI=1S/C25H38O2.C2H6S.C2H6/c1-6-25-15-12-18(26)16-17(25)10-11-19-20-8-7-9-22(27-23(2,3)4)24(20,5)14-13-21(19)25;1-3-2;1-2/h13,16,19-20,22H,6-12,14-15H2,1-5H3;1-2H3;1-2H3. The van der Waals surface area contributed by atoms with Crippen molar-refractivity contribution in [2.45, 2.75) is 118 Å². The summed E-state index contributed by atoms with van der Waals surface area (Å²) >= 11 is 1.75. The van der Waals surface area contributed by atoms with Crippen molar-refractivity contribution < 1.29 is 9.53 Å². The van der Waals surface area contributed by atoms with Gasteiger partial charge in [0, 0.05) is 17.3 Å². The van der Waals surface area contributed by atoms with Crippen molar-refractivity contribution in [3.63, 3.8) is 0 Å². The quantitative estimate of drug-likeness (QED) is 0.385. The van der Waals surface area contributed by atoms with Crippen LogP contribution < -0.4 is 0 Å². The van der Waals surface area contributed by atoms with Gasteiger partial charge in [-0.15, -0.1) is 0 Å². The molecule has 0 spiro atoms. The van der Waals surface area contributed by atoms with E-state index in [2.05, 4.69) is 40.7 Å². The summed E-state index contributed by atoms with van der Waals surface area (Å²) in [7, 11) is 0. The zero-order valence-electron chi connectivity index (χ0n) is 22.5. The first kappa shape index (κ1) is 27.7. The third-order valence-electron chi connectivity index (χ3n) is 8.34. The van der Waals surface area contributed by atoms with Gasteiger partial charge in [-0.3, -0.25) is 4.79 Å². The number of ketones is 1. The molecule has 2 nitrogen and oxygen atoms in total. The molecule has 0 heterocycles. The third kappa shape index (κ3) is 5.40. The van der Waals surface area contributed by atoms with Gasteiger partial charge in [-0.25, -0.2) is 0 Å². The third-order valence-corrected chi connectivity index (χ3v) is 8.34. The van der Waals surface area contributed by atoms with E-state index in [0.29, 0.717) is 17.8 Å². The van der Waals surface area contributed by atoms with Crippen LogP contribution in [0.1, 0.15) is 106 Å². The van der Waals surface area contributed by atoms with Crippen molar-refractivity contribution in [3.05, 3.63) is 23.3 Å². The minimum Gasteiger partial charge on any atom is -0.372 e. The molecule has 4 aliphatic carbocycles. The summed E-state index contributed by atoms with van der Waals surface area (Å²) in [5.41, 5.74) is 3.53. The Balaban J connectivity index is 0.000000671. The molecule has 5 unspecified atom stereocenters. The summed E-state index contributed by atoms with van der Waals surface area (Å²) in [6.45, 7) is 15.5. The van der Waals surface area contributed by atoms with Gasteiger partial charge in [0.2, 0.25) is 0 Å². The predicted octanol–water partition coefficient (Wildman–Crippen LogP) is 8.41. The van der Waals surface area contributed by atoms with Gasteiger partial charge in [0.25, 0.3) is 0 Å². The lowest BCUT2D eigenvalue weighted by Gasteiger charge is -2.59. The molecule has 3 heteroatoms. The topological polar surface area (TPSA) is 26.3 Å². The molecule has 5 atom stereocenters. The molecule has 32 heavy (non-hydrogen) atoms. The first-order chi connectivity index (χ1) is 15.1. The number of carbonyl (C=O) groups excluding carboxylic acids is 1. The summed E-state index contributed by atoms with van der Waals surface area (Å²) in [6.07, 6.45) is 19.4. The van der Waals surface area contributed by atoms with Gasteiger partial charge in [-0.05, 0) is 96.1 Å². The number of allylic oxidation sites excluding steroid dienone is 4. The number of thioether (sulfide) groups is 1. The molecule has 4 rings (SSSR count). The van der Waals surface area contributed by atoms with E-state index >= 15 is 0 Å². The second kappa shape index (κ2) is 11.3. The molecular formula is C29H50O2S. The monoisotopic (exact) mass is 462 g/mol. The minimum absolute atomic E-state index is 0.0730. The normalized spacial score (nSPS) is 36.0. The molecule has 0 aromatic rings. The highest BCUT2D eigenvalue weighted by Gasteiger charge is 2.55. The van der Waals surface area contributed by atoms with Gasteiger partial charge in [-0.1, -0.05) is 51.3 Å². The summed E-state index contributed by atoms with van der Waals surface area (Å²) in [6, 6.07) is 0. The van der Waals surface area contributed by atoms with Gasteiger partial charge in [0.1, 0.15) is 0 Å². The fraction of sp³-hybridized carbons (Fsp3) is 0.828. The van der Waals surface area contributed by atoms with Crippen LogP contribution >= 0.6 is 11.8 Å². The van der Waals surface area contributed by atoms with Gasteiger partial charge in [0.05, 0.1) is 11.7 Å². The highest BCUT2D eigenvalue weighted by atomic mass is 32.2. The van der Waals surface area contributed by atoms with E-state index in [1.807, 2.05) is 32.4 Å². The molecule has 0 bridgehead atoms. The maximum atomic E-state index is 12.1. The second-order valence-electron chi connectivity index (χ2n) is 11.3. The molecule has 0 amide bonds. The van der Waals surface area contributed by atoms with E-state index in [4.69, 9.17) is 4.74 Å². The number of hydrogen-bond donors (Lipinski definition) is 0. The molecule has 0 aromatic heterocycles. The SMILES string of the molecule is CC.CCC12CCC(=O)C=C1CCC1C2=CCC2(C)C(OC(C)(C)C)CCCC12.CSC. The Bertz CT molecular complexity index is 700. The highest BCUT2D eigenvalue weighted by Crippen LogP contribution is 2.63. The van der Waals surface area contributed by atoms with Crippen LogP contribution in [0.5, 0.6) is 0 Å². The Morgan fingerprint density at radius 2 is 1.78 bits per heavy atom. The van der Waals surface area contributed by atoms with E-state index < -0.39 is 0 Å². The van der Waals surface area contributed by atoms with Crippen molar-refractivity contribution in [3.8, 4) is 0 Å². The van der Waals surface area contributed by atoms with E-state index in [1.54, 1.807) is 17.3 Å². The first-order valence-corrected chi connectivity index (χ1v) is 14.8. The minimum atomic E-state index is -0.0730. The average molecular weight is 463 g/mol. The molecule has 2 saturated carbocycles. The van der Waals surface area contributed by atoms with Crippen LogP contribution in [0.4, 0.5) is 0 Å². The maximum absolute atomic E-state index is 12.1. The van der Waals surface area contributed by atoms with Crippen LogP contribution in [0.25, 0.3) is 0 Å². The number of rotatable bonds is 2.